The van der Waals surface area contributed by atoms with Gasteiger partial charge in [-0.2, -0.15) is 4.37 Å². The Balaban J connectivity index is 1.75. The summed E-state index contributed by atoms with van der Waals surface area (Å²) in [6.07, 6.45) is -0.712. The fourth-order valence-corrected chi connectivity index (χ4v) is 2.72. The predicted molar refractivity (Wildman–Crippen MR) is 83.4 cm³/mol. The third-order valence-electron chi connectivity index (χ3n) is 3.19. The lowest BCUT2D eigenvalue weighted by Crippen LogP contribution is -2.03. The summed E-state index contributed by atoms with van der Waals surface area (Å²) in [6.45, 7) is 0.444. The van der Waals surface area contributed by atoms with Crippen molar-refractivity contribution in [2.75, 3.05) is 0 Å². The van der Waals surface area contributed by atoms with Crippen LogP contribution < -0.4 is 4.74 Å². The minimum Gasteiger partial charge on any atom is -0.472 e. The van der Waals surface area contributed by atoms with Gasteiger partial charge in [0.15, 0.2) is 0 Å². The summed E-state index contributed by atoms with van der Waals surface area (Å²) in [7, 11) is 0. The standard InChI is InChI=1S/C17H15NO2S/c19-16(14-9-5-2-6-10-14)15-12-21-18-17(15)20-11-13-7-3-1-4-8-13/h1-10,12,16,19H,11H2. The van der Waals surface area contributed by atoms with Gasteiger partial charge in [-0.15, -0.1) is 0 Å². The second-order valence-corrected chi connectivity index (χ2v) is 5.29. The van der Waals surface area contributed by atoms with Gasteiger partial charge >= 0.3 is 0 Å². The van der Waals surface area contributed by atoms with Gasteiger partial charge in [-0.1, -0.05) is 60.7 Å². The van der Waals surface area contributed by atoms with E-state index in [1.165, 1.54) is 11.5 Å². The van der Waals surface area contributed by atoms with E-state index in [2.05, 4.69) is 4.37 Å². The lowest BCUT2D eigenvalue weighted by atomic mass is 10.0. The fraction of sp³-hybridized carbons (Fsp3) is 0.118. The largest absolute Gasteiger partial charge is 0.472 e. The monoisotopic (exact) mass is 297 g/mol. The van der Waals surface area contributed by atoms with Crippen LogP contribution in [0.25, 0.3) is 0 Å². The second kappa shape index (κ2) is 6.52. The molecule has 1 N–H and O–H groups in total. The molecule has 1 unspecified atom stereocenters. The van der Waals surface area contributed by atoms with E-state index in [0.717, 1.165) is 11.1 Å². The Kier molecular flexibility index (Phi) is 4.28. The molecule has 0 aliphatic carbocycles. The van der Waals surface area contributed by atoms with Crippen molar-refractivity contribution in [1.29, 1.82) is 0 Å². The van der Waals surface area contributed by atoms with Gasteiger partial charge in [0.1, 0.15) is 12.7 Å². The van der Waals surface area contributed by atoms with E-state index in [4.69, 9.17) is 4.74 Å². The molecule has 0 radical (unpaired) electrons. The maximum Gasteiger partial charge on any atom is 0.231 e. The van der Waals surface area contributed by atoms with Crippen molar-refractivity contribution in [3.8, 4) is 5.88 Å². The van der Waals surface area contributed by atoms with Crippen molar-refractivity contribution < 1.29 is 9.84 Å². The summed E-state index contributed by atoms with van der Waals surface area (Å²) in [5.74, 6) is 0.500. The van der Waals surface area contributed by atoms with Crippen LogP contribution in [0.4, 0.5) is 0 Å². The molecular weight excluding hydrogens is 282 g/mol. The van der Waals surface area contributed by atoms with Crippen molar-refractivity contribution in [2.24, 2.45) is 0 Å². The number of ether oxygens (including phenoxy) is 1. The quantitative estimate of drug-likeness (QED) is 0.779. The first-order chi connectivity index (χ1) is 10.3. The van der Waals surface area contributed by atoms with Gasteiger partial charge in [-0.3, -0.25) is 0 Å². The maximum atomic E-state index is 10.4. The first-order valence-electron chi connectivity index (χ1n) is 6.68. The molecule has 1 atom stereocenters. The second-order valence-electron chi connectivity index (χ2n) is 4.66. The molecule has 0 fully saturated rings. The van der Waals surface area contributed by atoms with Crippen LogP contribution in [0, 0.1) is 0 Å². The van der Waals surface area contributed by atoms with E-state index < -0.39 is 6.10 Å². The van der Waals surface area contributed by atoms with E-state index in [1.807, 2.05) is 66.0 Å². The molecule has 1 heterocycles. The minimum absolute atomic E-state index is 0.444. The van der Waals surface area contributed by atoms with Crippen molar-refractivity contribution in [3.63, 3.8) is 0 Å². The van der Waals surface area contributed by atoms with Gasteiger partial charge < -0.3 is 9.84 Å². The Hall–Kier alpha value is -2.17. The first kappa shape index (κ1) is 13.8. The van der Waals surface area contributed by atoms with Gasteiger partial charge in [0, 0.05) is 5.38 Å². The topological polar surface area (TPSA) is 42.4 Å². The van der Waals surface area contributed by atoms with E-state index >= 15 is 0 Å². The van der Waals surface area contributed by atoms with E-state index in [-0.39, 0.29) is 0 Å². The van der Waals surface area contributed by atoms with Crippen molar-refractivity contribution >= 4 is 11.5 Å². The van der Waals surface area contributed by atoms with Crippen LogP contribution in [0.3, 0.4) is 0 Å². The lowest BCUT2D eigenvalue weighted by molar-refractivity contribution is 0.208. The van der Waals surface area contributed by atoms with Crippen LogP contribution in [0.15, 0.2) is 66.0 Å². The highest BCUT2D eigenvalue weighted by Crippen LogP contribution is 2.31. The molecule has 106 valence electrons. The zero-order valence-corrected chi connectivity index (χ0v) is 12.2. The Morgan fingerprint density at radius 2 is 1.67 bits per heavy atom. The molecule has 0 aliphatic heterocycles. The number of aliphatic hydroxyl groups is 1. The van der Waals surface area contributed by atoms with Gasteiger partial charge in [-0.05, 0) is 22.7 Å². The van der Waals surface area contributed by atoms with Crippen LogP contribution in [0.5, 0.6) is 5.88 Å². The van der Waals surface area contributed by atoms with Gasteiger partial charge in [0.05, 0.1) is 5.56 Å². The van der Waals surface area contributed by atoms with Crippen LogP contribution in [0.2, 0.25) is 0 Å². The Morgan fingerprint density at radius 3 is 2.38 bits per heavy atom. The number of hydrogen-bond acceptors (Lipinski definition) is 4. The van der Waals surface area contributed by atoms with Crippen molar-refractivity contribution in [1.82, 2.24) is 4.37 Å². The average Bonchev–Trinajstić information content (AvgIpc) is 3.02. The number of benzene rings is 2. The molecule has 3 aromatic rings. The summed E-state index contributed by atoms with van der Waals surface area (Å²) in [5.41, 5.74) is 2.62. The van der Waals surface area contributed by atoms with E-state index in [9.17, 15) is 5.11 Å². The van der Waals surface area contributed by atoms with Crippen LogP contribution >= 0.6 is 11.5 Å². The highest BCUT2D eigenvalue weighted by Gasteiger charge is 2.18. The molecule has 0 saturated carbocycles. The Morgan fingerprint density at radius 1 is 1.00 bits per heavy atom. The predicted octanol–water partition coefficient (Wildman–Crippen LogP) is 3.80. The SMILES string of the molecule is OC(c1ccccc1)c1csnc1OCc1ccccc1. The summed E-state index contributed by atoms with van der Waals surface area (Å²) >= 11 is 1.29. The molecule has 4 heteroatoms. The van der Waals surface area contributed by atoms with Crippen molar-refractivity contribution in [2.45, 2.75) is 12.7 Å². The molecule has 2 aromatic carbocycles. The molecule has 0 bridgehead atoms. The normalized spacial score (nSPS) is 12.0. The highest BCUT2D eigenvalue weighted by molar-refractivity contribution is 7.03. The van der Waals surface area contributed by atoms with Gasteiger partial charge in [0.2, 0.25) is 5.88 Å². The van der Waals surface area contributed by atoms with Gasteiger partial charge in [-0.25, -0.2) is 0 Å². The van der Waals surface area contributed by atoms with Gasteiger partial charge in [0.25, 0.3) is 0 Å². The summed E-state index contributed by atoms with van der Waals surface area (Å²) in [5, 5.41) is 12.3. The molecule has 0 spiro atoms. The summed E-state index contributed by atoms with van der Waals surface area (Å²) in [4.78, 5) is 0. The molecule has 3 nitrogen and oxygen atoms in total. The number of rotatable bonds is 5. The van der Waals surface area contributed by atoms with Crippen LogP contribution in [0.1, 0.15) is 22.8 Å². The Labute approximate surface area is 127 Å². The number of nitrogens with zero attached hydrogens (tertiary/aromatic N) is 1. The zero-order valence-electron chi connectivity index (χ0n) is 11.3. The summed E-state index contributed by atoms with van der Waals surface area (Å²) < 4.78 is 9.98. The molecule has 0 amide bonds. The first-order valence-corrected chi connectivity index (χ1v) is 7.52. The minimum atomic E-state index is -0.712. The maximum absolute atomic E-state index is 10.4. The zero-order chi connectivity index (χ0) is 14.5. The molecule has 3 rings (SSSR count). The Bertz CT molecular complexity index is 682. The third-order valence-corrected chi connectivity index (χ3v) is 3.82. The number of aliphatic hydroxyl groups excluding tert-OH is 1. The lowest BCUT2D eigenvalue weighted by Gasteiger charge is -2.12. The molecule has 0 aliphatic rings. The fourth-order valence-electron chi connectivity index (χ4n) is 2.07. The molecule has 1 aromatic heterocycles. The number of hydrogen-bond donors (Lipinski definition) is 1. The highest BCUT2D eigenvalue weighted by atomic mass is 32.1. The molecular formula is C17H15NO2S. The van der Waals surface area contributed by atoms with Crippen molar-refractivity contribution in [3.05, 3.63) is 82.7 Å². The van der Waals surface area contributed by atoms with Crippen LogP contribution in [-0.4, -0.2) is 9.48 Å². The molecule has 21 heavy (non-hydrogen) atoms. The van der Waals surface area contributed by atoms with Crippen LogP contribution in [-0.2, 0) is 6.61 Å². The smallest absolute Gasteiger partial charge is 0.231 e. The molecule has 0 saturated heterocycles. The van der Waals surface area contributed by atoms with E-state index in [1.54, 1.807) is 0 Å². The van der Waals surface area contributed by atoms with E-state index in [0.29, 0.717) is 18.1 Å². The average molecular weight is 297 g/mol. The third kappa shape index (κ3) is 3.29. The summed E-state index contributed by atoms with van der Waals surface area (Å²) in [6, 6.07) is 19.4. The number of aromatic nitrogens is 1.